The summed E-state index contributed by atoms with van der Waals surface area (Å²) in [6.45, 7) is 6.95. The van der Waals surface area contributed by atoms with Gasteiger partial charge < -0.3 is 15.2 Å². The fourth-order valence-electron chi connectivity index (χ4n) is 2.20. The summed E-state index contributed by atoms with van der Waals surface area (Å²) in [6.07, 6.45) is 0. The second-order valence-electron chi connectivity index (χ2n) is 4.87. The third-order valence-electron chi connectivity index (χ3n) is 3.25. The number of methoxy groups -OCH3 is 1. The Morgan fingerprint density at radius 3 is 2.52 bits per heavy atom. The summed E-state index contributed by atoms with van der Waals surface area (Å²) < 4.78 is 10.7. The maximum atomic E-state index is 5.88. The molecule has 0 fully saturated rings. The Balaban J connectivity index is 2.46. The number of aromatic nitrogens is 2. The van der Waals surface area contributed by atoms with Crippen molar-refractivity contribution in [1.82, 2.24) is 9.97 Å². The summed E-state index contributed by atoms with van der Waals surface area (Å²) in [6, 6.07) is 5.84. The molecule has 0 atom stereocenters. The highest BCUT2D eigenvalue weighted by atomic mass is 16.5. The zero-order chi connectivity index (χ0) is 15.4. The average molecular weight is 287 g/mol. The molecule has 112 valence electrons. The number of rotatable bonds is 5. The molecule has 5 heteroatoms. The highest BCUT2D eigenvalue weighted by molar-refractivity contribution is 5.68. The zero-order valence-electron chi connectivity index (χ0n) is 12.9. The van der Waals surface area contributed by atoms with Crippen molar-refractivity contribution in [2.75, 3.05) is 19.5 Å². The van der Waals surface area contributed by atoms with Gasteiger partial charge in [0, 0.05) is 18.2 Å². The van der Waals surface area contributed by atoms with Gasteiger partial charge in [0.1, 0.15) is 18.2 Å². The van der Waals surface area contributed by atoms with Gasteiger partial charge in [0.2, 0.25) is 0 Å². The molecule has 21 heavy (non-hydrogen) atoms. The molecule has 1 heterocycles. The van der Waals surface area contributed by atoms with Crippen LogP contribution in [0.2, 0.25) is 0 Å². The zero-order valence-corrected chi connectivity index (χ0v) is 12.9. The van der Waals surface area contributed by atoms with E-state index in [0.29, 0.717) is 24.9 Å². The smallest absolute Gasteiger partial charge is 0.157 e. The number of nitrogens with zero attached hydrogens (tertiary/aromatic N) is 2. The molecule has 2 aromatic rings. The van der Waals surface area contributed by atoms with Gasteiger partial charge in [-0.25, -0.2) is 9.97 Å². The van der Waals surface area contributed by atoms with Crippen LogP contribution in [0, 0.1) is 13.8 Å². The van der Waals surface area contributed by atoms with Crippen LogP contribution in [0.15, 0.2) is 18.2 Å². The molecular weight excluding hydrogens is 266 g/mol. The average Bonchev–Trinajstić information content (AvgIpc) is 2.46. The third kappa shape index (κ3) is 3.49. The molecule has 0 bridgehead atoms. The molecule has 0 saturated carbocycles. The van der Waals surface area contributed by atoms with Gasteiger partial charge >= 0.3 is 0 Å². The van der Waals surface area contributed by atoms with E-state index in [4.69, 9.17) is 15.2 Å². The number of hydrogen-bond acceptors (Lipinski definition) is 5. The number of aryl methyl sites for hydroxylation is 2. The van der Waals surface area contributed by atoms with E-state index in [-0.39, 0.29) is 0 Å². The first-order valence-electron chi connectivity index (χ1n) is 6.92. The molecular formula is C16H21N3O2. The van der Waals surface area contributed by atoms with E-state index in [0.717, 1.165) is 28.1 Å². The van der Waals surface area contributed by atoms with Crippen molar-refractivity contribution in [2.45, 2.75) is 27.4 Å². The van der Waals surface area contributed by atoms with E-state index in [1.807, 2.05) is 26.8 Å². The number of nitrogens with two attached hydrogens (primary N) is 1. The molecule has 0 aliphatic rings. The second-order valence-corrected chi connectivity index (χ2v) is 4.87. The third-order valence-corrected chi connectivity index (χ3v) is 3.25. The Hall–Kier alpha value is -2.14. The normalized spacial score (nSPS) is 10.7. The molecule has 5 nitrogen and oxygen atoms in total. The molecule has 0 unspecified atom stereocenters. The van der Waals surface area contributed by atoms with Gasteiger partial charge in [0.05, 0.1) is 12.8 Å². The topological polar surface area (TPSA) is 70.3 Å². The Bertz CT molecular complexity index is 642. The Morgan fingerprint density at radius 1 is 1.10 bits per heavy atom. The number of ether oxygens (including phenoxy) is 2. The first kappa shape index (κ1) is 15.3. The van der Waals surface area contributed by atoms with Crippen LogP contribution in [0.3, 0.4) is 0 Å². The maximum Gasteiger partial charge on any atom is 0.157 e. The molecule has 1 aromatic carbocycles. The van der Waals surface area contributed by atoms with Gasteiger partial charge in [0.25, 0.3) is 0 Å². The predicted molar refractivity (Wildman–Crippen MR) is 83.2 cm³/mol. The summed E-state index contributed by atoms with van der Waals surface area (Å²) in [5.41, 5.74) is 9.85. The minimum absolute atomic E-state index is 0.364. The van der Waals surface area contributed by atoms with Gasteiger partial charge in [-0.15, -0.1) is 0 Å². The molecule has 0 amide bonds. The van der Waals surface area contributed by atoms with Crippen molar-refractivity contribution in [3.8, 4) is 17.0 Å². The molecule has 2 N–H and O–H groups in total. The van der Waals surface area contributed by atoms with Crippen LogP contribution in [-0.2, 0) is 11.3 Å². The number of hydrogen-bond donors (Lipinski definition) is 1. The summed E-state index contributed by atoms with van der Waals surface area (Å²) >= 11 is 0. The van der Waals surface area contributed by atoms with Crippen molar-refractivity contribution in [3.63, 3.8) is 0 Å². The van der Waals surface area contributed by atoms with Crippen molar-refractivity contribution < 1.29 is 9.47 Å². The molecule has 1 aromatic heterocycles. The molecule has 0 aliphatic heterocycles. The van der Waals surface area contributed by atoms with E-state index in [9.17, 15) is 0 Å². The van der Waals surface area contributed by atoms with Crippen LogP contribution >= 0.6 is 0 Å². The molecule has 0 aliphatic carbocycles. The molecule has 0 saturated heterocycles. The van der Waals surface area contributed by atoms with Crippen LogP contribution < -0.4 is 10.5 Å². The van der Waals surface area contributed by atoms with E-state index < -0.39 is 0 Å². The van der Waals surface area contributed by atoms with Crippen LogP contribution in [-0.4, -0.2) is 23.7 Å². The van der Waals surface area contributed by atoms with E-state index in [1.165, 1.54) is 0 Å². The van der Waals surface area contributed by atoms with Crippen LogP contribution in [0.25, 0.3) is 11.3 Å². The maximum absolute atomic E-state index is 5.88. The summed E-state index contributed by atoms with van der Waals surface area (Å²) in [7, 11) is 1.67. The lowest BCUT2D eigenvalue weighted by molar-refractivity contribution is 0.128. The van der Waals surface area contributed by atoms with Crippen molar-refractivity contribution in [3.05, 3.63) is 35.2 Å². The SMILES string of the molecule is CCOCc1nc(N)cc(-c2cc(C)c(OC)cc2C)n1. The van der Waals surface area contributed by atoms with Crippen molar-refractivity contribution in [1.29, 1.82) is 0 Å². The number of nitrogen functional groups attached to an aromatic ring is 1. The van der Waals surface area contributed by atoms with Crippen LogP contribution in [0.1, 0.15) is 23.9 Å². The summed E-state index contributed by atoms with van der Waals surface area (Å²) in [5.74, 6) is 1.91. The fraction of sp³-hybridized carbons (Fsp3) is 0.375. The van der Waals surface area contributed by atoms with Gasteiger partial charge in [0.15, 0.2) is 5.82 Å². The Morgan fingerprint density at radius 2 is 1.86 bits per heavy atom. The van der Waals surface area contributed by atoms with Gasteiger partial charge in [-0.1, -0.05) is 0 Å². The number of anilines is 1. The highest BCUT2D eigenvalue weighted by Gasteiger charge is 2.11. The Kier molecular flexibility index (Phi) is 4.75. The second kappa shape index (κ2) is 6.54. The quantitative estimate of drug-likeness (QED) is 0.915. The van der Waals surface area contributed by atoms with Gasteiger partial charge in [-0.05, 0) is 44.0 Å². The first-order valence-corrected chi connectivity index (χ1v) is 6.92. The minimum Gasteiger partial charge on any atom is -0.496 e. The summed E-state index contributed by atoms with van der Waals surface area (Å²) in [5, 5.41) is 0. The van der Waals surface area contributed by atoms with E-state index >= 15 is 0 Å². The number of benzene rings is 1. The lowest BCUT2D eigenvalue weighted by Crippen LogP contribution is -2.04. The lowest BCUT2D eigenvalue weighted by atomic mass is 10.0. The van der Waals surface area contributed by atoms with Crippen LogP contribution in [0.4, 0.5) is 5.82 Å². The predicted octanol–water partition coefficient (Wildman–Crippen LogP) is 2.89. The fourth-order valence-corrected chi connectivity index (χ4v) is 2.20. The molecule has 2 rings (SSSR count). The van der Waals surface area contributed by atoms with Crippen molar-refractivity contribution >= 4 is 5.82 Å². The highest BCUT2D eigenvalue weighted by Crippen LogP contribution is 2.29. The standard InChI is InChI=1S/C16H21N3O2/c1-5-21-9-16-18-13(8-15(17)19-16)12-6-11(3)14(20-4)7-10(12)2/h6-8H,5,9H2,1-4H3,(H2,17,18,19). The Labute approximate surface area is 125 Å². The van der Waals surface area contributed by atoms with Crippen molar-refractivity contribution in [2.24, 2.45) is 0 Å². The van der Waals surface area contributed by atoms with Gasteiger partial charge in [-0.2, -0.15) is 0 Å². The minimum atomic E-state index is 0.364. The largest absolute Gasteiger partial charge is 0.496 e. The van der Waals surface area contributed by atoms with E-state index in [2.05, 4.69) is 16.0 Å². The first-order chi connectivity index (χ1) is 10.0. The lowest BCUT2D eigenvalue weighted by Gasteiger charge is -2.12. The van der Waals surface area contributed by atoms with E-state index in [1.54, 1.807) is 13.2 Å². The molecule has 0 radical (unpaired) electrons. The molecule has 0 spiro atoms. The van der Waals surface area contributed by atoms with Gasteiger partial charge in [-0.3, -0.25) is 0 Å². The summed E-state index contributed by atoms with van der Waals surface area (Å²) in [4.78, 5) is 8.74. The monoisotopic (exact) mass is 287 g/mol. The van der Waals surface area contributed by atoms with Crippen LogP contribution in [0.5, 0.6) is 5.75 Å².